The Morgan fingerprint density at radius 2 is 1.89 bits per heavy atom. The summed E-state index contributed by atoms with van der Waals surface area (Å²) in [5.74, 6) is 1.69. The van der Waals surface area contributed by atoms with Crippen molar-refractivity contribution in [2.24, 2.45) is 22.6 Å². The van der Waals surface area contributed by atoms with Crippen LogP contribution in [0.1, 0.15) is 40.0 Å². The fourth-order valence-electron chi connectivity index (χ4n) is 4.16. The van der Waals surface area contributed by atoms with E-state index >= 15 is 0 Å². The van der Waals surface area contributed by atoms with Crippen molar-refractivity contribution in [3.05, 3.63) is 0 Å². The van der Waals surface area contributed by atoms with Gasteiger partial charge >= 0.3 is 0 Å². The molecule has 0 radical (unpaired) electrons. The van der Waals surface area contributed by atoms with Gasteiger partial charge in [-0.3, -0.25) is 9.79 Å². The van der Waals surface area contributed by atoms with E-state index in [0.29, 0.717) is 18.3 Å². The van der Waals surface area contributed by atoms with Crippen LogP contribution in [-0.2, 0) is 4.79 Å². The van der Waals surface area contributed by atoms with E-state index in [1.54, 1.807) is 0 Å². The molecule has 0 spiro atoms. The Bertz CT molecular complexity index is 475. The van der Waals surface area contributed by atoms with E-state index in [2.05, 4.69) is 40.8 Å². The van der Waals surface area contributed by atoms with Crippen molar-refractivity contribution >= 4 is 11.9 Å². The Kier molecular flexibility index (Phi) is 9.34. The third-order valence-electron chi connectivity index (χ3n) is 5.68. The van der Waals surface area contributed by atoms with Gasteiger partial charge in [-0.25, -0.2) is 0 Å². The summed E-state index contributed by atoms with van der Waals surface area (Å²) in [4.78, 5) is 23.6. The van der Waals surface area contributed by atoms with Crippen molar-refractivity contribution in [2.45, 2.75) is 40.0 Å². The zero-order valence-electron chi connectivity index (χ0n) is 17.6. The number of hydrogen-bond donors (Lipinski definition) is 2. The fourth-order valence-corrected chi connectivity index (χ4v) is 4.16. The standard InChI is InChI=1S/C20H40N6O/c1-4-22-20(26-8-6-7-18(16-26)13-19(21)27)23-14-17(3)15-25-11-9-24(5-2)10-12-25/h17-18H,4-16H2,1-3H3,(H2,21,27)(H,22,23). The molecular weight excluding hydrogens is 340 g/mol. The number of carbonyl (C=O) groups excluding carboxylic acids is 1. The molecule has 3 N–H and O–H groups in total. The van der Waals surface area contributed by atoms with Crippen LogP contribution >= 0.6 is 0 Å². The topological polar surface area (TPSA) is 77.2 Å². The van der Waals surface area contributed by atoms with Gasteiger partial charge in [0.2, 0.25) is 5.91 Å². The molecule has 2 saturated heterocycles. The van der Waals surface area contributed by atoms with Crippen molar-refractivity contribution < 1.29 is 4.79 Å². The molecule has 0 bridgehead atoms. The SMILES string of the molecule is CCNC(=NCC(C)CN1CCN(CC)CC1)N1CCCC(CC(N)=O)C1. The predicted octanol–water partition coefficient (Wildman–Crippen LogP) is 0.813. The molecule has 0 saturated carbocycles. The third kappa shape index (κ3) is 7.66. The van der Waals surface area contributed by atoms with E-state index in [9.17, 15) is 4.79 Å². The first-order valence-corrected chi connectivity index (χ1v) is 10.8. The number of piperidine rings is 1. The monoisotopic (exact) mass is 380 g/mol. The van der Waals surface area contributed by atoms with E-state index < -0.39 is 0 Å². The molecular formula is C20H40N6O. The molecule has 0 aromatic carbocycles. The molecule has 2 unspecified atom stereocenters. The highest BCUT2D eigenvalue weighted by atomic mass is 16.1. The van der Waals surface area contributed by atoms with E-state index in [1.807, 2.05) is 0 Å². The number of carbonyl (C=O) groups is 1. The van der Waals surface area contributed by atoms with Crippen LogP contribution < -0.4 is 11.1 Å². The van der Waals surface area contributed by atoms with Gasteiger partial charge in [0, 0.05) is 65.3 Å². The minimum atomic E-state index is -0.194. The molecule has 156 valence electrons. The lowest BCUT2D eigenvalue weighted by Gasteiger charge is -2.36. The summed E-state index contributed by atoms with van der Waals surface area (Å²) in [7, 11) is 0. The lowest BCUT2D eigenvalue weighted by atomic mass is 9.95. The highest BCUT2D eigenvalue weighted by molar-refractivity contribution is 5.80. The zero-order chi connectivity index (χ0) is 19.6. The number of hydrogen-bond acceptors (Lipinski definition) is 4. The summed E-state index contributed by atoms with van der Waals surface area (Å²) < 4.78 is 0. The van der Waals surface area contributed by atoms with E-state index in [-0.39, 0.29) is 5.91 Å². The second-order valence-electron chi connectivity index (χ2n) is 8.16. The number of nitrogens with one attached hydrogen (secondary N) is 1. The number of amides is 1. The van der Waals surface area contributed by atoms with Gasteiger partial charge < -0.3 is 25.8 Å². The zero-order valence-corrected chi connectivity index (χ0v) is 17.6. The molecule has 0 aromatic heterocycles. The number of primary amides is 1. The number of likely N-dealkylation sites (N-methyl/N-ethyl adjacent to an activating group) is 1. The van der Waals surface area contributed by atoms with Gasteiger partial charge in [-0.15, -0.1) is 0 Å². The molecule has 1 amide bonds. The van der Waals surface area contributed by atoms with Gasteiger partial charge in [-0.2, -0.15) is 0 Å². The maximum Gasteiger partial charge on any atom is 0.217 e. The summed E-state index contributed by atoms with van der Waals surface area (Å²) in [6, 6.07) is 0. The highest BCUT2D eigenvalue weighted by Crippen LogP contribution is 2.19. The van der Waals surface area contributed by atoms with Crippen LogP contribution in [0, 0.1) is 11.8 Å². The Morgan fingerprint density at radius 3 is 2.52 bits per heavy atom. The van der Waals surface area contributed by atoms with Crippen LogP contribution in [0.2, 0.25) is 0 Å². The molecule has 0 aromatic rings. The number of aliphatic imine (C=N–C) groups is 1. The lowest BCUT2D eigenvalue weighted by molar-refractivity contribution is -0.119. The summed E-state index contributed by atoms with van der Waals surface area (Å²) in [5.41, 5.74) is 5.40. The smallest absolute Gasteiger partial charge is 0.217 e. The van der Waals surface area contributed by atoms with E-state index in [0.717, 1.165) is 58.1 Å². The number of nitrogens with zero attached hydrogens (tertiary/aromatic N) is 4. The second-order valence-corrected chi connectivity index (χ2v) is 8.16. The normalized spacial score (nSPS) is 24.0. The minimum absolute atomic E-state index is 0.194. The molecule has 7 heteroatoms. The second kappa shape index (κ2) is 11.5. The van der Waals surface area contributed by atoms with Crippen LogP contribution in [-0.4, -0.2) is 92.0 Å². The third-order valence-corrected chi connectivity index (χ3v) is 5.68. The first-order valence-electron chi connectivity index (χ1n) is 10.8. The molecule has 2 fully saturated rings. The highest BCUT2D eigenvalue weighted by Gasteiger charge is 2.24. The molecule has 2 aliphatic heterocycles. The summed E-state index contributed by atoms with van der Waals surface area (Å²) in [6.07, 6.45) is 2.66. The molecule has 2 heterocycles. The summed E-state index contributed by atoms with van der Waals surface area (Å²) >= 11 is 0. The molecule has 27 heavy (non-hydrogen) atoms. The van der Waals surface area contributed by atoms with E-state index in [4.69, 9.17) is 10.7 Å². The molecule has 2 aliphatic rings. The Morgan fingerprint density at radius 1 is 1.19 bits per heavy atom. The number of rotatable bonds is 8. The van der Waals surface area contributed by atoms with Gasteiger partial charge in [0.25, 0.3) is 0 Å². The summed E-state index contributed by atoms with van der Waals surface area (Å²) in [5, 5.41) is 3.44. The minimum Gasteiger partial charge on any atom is -0.370 e. The maximum absolute atomic E-state index is 11.3. The first kappa shape index (κ1) is 22.0. The Labute approximate surface area is 165 Å². The number of nitrogens with two attached hydrogens (primary N) is 1. The Balaban J connectivity index is 1.84. The molecule has 7 nitrogen and oxygen atoms in total. The van der Waals surface area contributed by atoms with Crippen molar-refractivity contribution in [2.75, 3.05) is 65.4 Å². The fraction of sp³-hybridized carbons (Fsp3) is 0.900. The Hall–Kier alpha value is -1.34. The van der Waals surface area contributed by atoms with E-state index in [1.165, 1.54) is 26.2 Å². The predicted molar refractivity (Wildman–Crippen MR) is 112 cm³/mol. The van der Waals surface area contributed by atoms with Gasteiger partial charge in [0.15, 0.2) is 5.96 Å². The number of piperazine rings is 1. The van der Waals surface area contributed by atoms with Gasteiger partial charge in [-0.1, -0.05) is 13.8 Å². The quantitative estimate of drug-likeness (QED) is 0.481. The molecule has 0 aliphatic carbocycles. The molecule has 2 rings (SSSR count). The summed E-state index contributed by atoms with van der Waals surface area (Å²) in [6.45, 7) is 17.2. The average molecular weight is 381 g/mol. The van der Waals surface area contributed by atoms with Crippen molar-refractivity contribution in [1.29, 1.82) is 0 Å². The molecule has 2 atom stereocenters. The van der Waals surface area contributed by atoms with Crippen LogP contribution in [0.4, 0.5) is 0 Å². The van der Waals surface area contributed by atoms with Crippen molar-refractivity contribution in [3.8, 4) is 0 Å². The van der Waals surface area contributed by atoms with Gasteiger partial charge in [0.05, 0.1) is 0 Å². The average Bonchev–Trinajstić information content (AvgIpc) is 2.65. The largest absolute Gasteiger partial charge is 0.370 e. The van der Waals surface area contributed by atoms with Crippen LogP contribution in [0.25, 0.3) is 0 Å². The first-order chi connectivity index (χ1) is 13.0. The number of likely N-dealkylation sites (tertiary alicyclic amines) is 1. The number of guanidine groups is 1. The maximum atomic E-state index is 11.3. The lowest BCUT2D eigenvalue weighted by Crippen LogP contribution is -2.48. The van der Waals surface area contributed by atoms with Crippen molar-refractivity contribution in [1.82, 2.24) is 20.0 Å². The van der Waals surface area contributed by atoms with Crippen LogP contribution in [0.5, 0.6) is 0 Å². The van der Waals surface area contributed by atoms with Crippen LogP contribution in [0.3, 0.4) is 0 Å². The van der Waals surface area contributed by atoms with Crippen LogP contribution in [0.15, 0.2) is 4.99 Å². The van der Waals surface area contributed by atoms with Gasteiger partial charge in [0.1, 0.15) is 0 Å². The van der Waals surface area contributed by atoms with Crippen molar-refractivity contribution in [3.63, 3.8) is 0 Å². The van der Waals surface area contributed by atoms with Gasteiger partial charge in [-0.05, 0) is 38.1 Å².